The van der Waals surface area contributed by atoms with Crippen molar-refractivity contribution in [3.05, 3.63) is 53.6 Å². The topological polar surface area (TPSA) is 80.2 Å². The standard InChI is InChI=1S/C15H16FN3O3S/c16-12-4-1-3-11(7-12)9-18-23(21,22)13-8-14-15(20)17-5-2-6-19(14)10-13/h1,3-4,7-8,10,18H,2,5-6,9H2,(H,17,20). The molecule has 8 heteroatoms. The van der Waals surface area contributed by atoms with Crippen LogP contribution in [-0.2, 0) is 23.1 Å². The van der Waals surface area contributed by atoms with Crippen LogP contribution in [0.25, 0.3) is 0 Å². The number of carbonyl (C=O) groups excluding carboxylic acids is 1. The van der Waals surface area contributed by atoms with Crippen LogP contribution in [0.4, 0.5) is 4.39 Å². The summed E-state index contributed by atoms with van der Waals surface area (Å²) in [7, 11) is -3.77. The summed E-state index contributed by atoms with van der Waals surface area (Å²) >= 11 is 0. The van der Waals surface area contributed by atoms with Gasteiger partial charge in [0.25, 0.3) is 5.91 Å². The van der Waals surface area contributed by atoms with Crippen molar-refractivity contribution >= 4 is 15.9 Å². The Morgan fingerprint density at radius 3 is 2.91 bits per heavy atom. The van der Waals surface area contributed by atoms with Gasteiger partial charge >= 0.3 is 0 Å². The fourth-order valence-corrected chi connectivity index (χ4v) is 3.51. The summed E-state index contributed by atoms with van der Waals surface area (Å²) in [6.07, 6.45) is 2.19. The van der Waals surface area contributed by atoms with Gasteiger partial charge in [-0.15, -0.1) is 0 Å². The number of hydrogen-bond acceptors (Lipinski definition) is 3. The number of carbonyl (C=O) groups is 1. The molecular weight excluding hydrogens is 321 g/mol. The van der Waals surface area contributed by atoms with Gasteiger partial charge in [-0.2, -0.15) is 0 Å². The minimum atomic E-state index is -3.77. The molecule has 0 saturated heterocycles. The molecule has 1 aromatic carbocycles. The van der Waals surface area contributed by atoms with Gasteiger partial charge in [0.15, 0.2) is 0 Å². The third-order valence-corrected chi connectivity index (χ3v) is 5.00. The maximum absolute atomic E-state index is 13.1. The minimum absolute atomic E-state index is 0.0210. The van der Waals surface area contributed by atoms with Crippen molar-refractivity contribution in [2.45, 2.75) is 24.4 Å². The zero-order valence-electron chi connectivity index (χ0n) is 12.3. The second-order valence-corrected chi connectivity index (χ2v) is 7.09. The van der Waals surface area contributed by atoms with E-state index in [0.29, 0.717) is 24.3 Å². The smallest absolute Gasteiger partial charge is 0.267 e. The molecule has 3 rings (SSSR count). The summed E-state index contributed by atoms with van der Waals surface area (Å²) in [5.74, 6) is -0.706. The van der Waals surface area contributed by atoms with Crippen molar-refractivity contribution < 1.29 is 17.6 Å². The molecule has 0 radical (unpaired) electrons. The SMILES string of the molecule is O=C1NCCCn2cc(S(=O)(=O)NCc3cccc(F)c3)cc21. The minimum Gasteiger partial charge on any atom is -0.351 e. The predicted molar refractivity (Wildman–Crippen MR) is 81.8 cm³/mol. The van der Waals surface area contributed by atoms with Gasteiger partial charge in [0.05, 0.1) is 0 Å². The number of fused-ring (bicyclic) bond motifs is 1. The lowest BCUT2D eigenvalue weighted by atomic mass is 10.2. The summed E-state index contributed by atoms with van der Waals surface area (Å²) < 4.78 is 41.9. The third kappa shape index (κ3) is 3.43. The highest BCUT2D eigenvalue weighted by molar-refractivity contribution is 7.89. The Morgan fingerprint density at radius 2 is 2.13 bits per heavy atom. The molecule has 0 unspecified atom stereocenters. The molecule has 0 aliphatic carbocycles. The average molecular weight is 337 g/mol. The van der Waals surface area contributed by atoms with Crippen LogP contribution in [0.2, 0.25) is 0 Å². The van der Waals surface area contributed by atoms with E-state index in [0.717, 1.165) is 6.42 Å². The highest BCUT2D eigenvalue weighted by atomic mass is 32.2. The zero-order chi connectivity index (χ0) is 16.4. The van der Waals surface area contributed by atoms with Crippen LogP contribution in [0.15, 0.2) is 41.4 Å². The molecule has 0 fully saturated rings. The molecular formula is C15H16FN3O3S. The summed E-state index contributed by atoms with van der Waals surface area (Å²) in [6.45, 7) is 1.13. The molecule has 0 spiro atoms. The molecule has 0 saturated carbocycles. The number of sulfonamides is 1. The number of aromatic nitrogens is 1. The van der Waals surface area contributed by atoms with Crippen LogP contribution in [0, 0.1) is 5.82 Å². The average Bonchev–Trinajstić information content (AvgIpc) is 2.88. The molecule has 0 atom stereocenters. The highest BCUT2D eigenvalue weighted by Crippen LogP contribution is 2.17. The zero-order valence-corrected chi connectivity index (χ0v) is 13.1. The predicted octanol–water partition coefficient (Wildman–Crippen LogP) is 1.24. The van der Waals surface area contributed by atoms with Crippen molar-refractivity contribution in [3.8, 4) is 0 Å². The first kappa shape index (κ1) is 15.7. The van der Waals surface area contributed by atoms with Gasteiger partial charge in [0.2, 0.25) is 10.0 Å². The number of aryl methyl sites for hydroxylation is 1. The van der Waals surface area contributed by atoms with E-state index in [1.165, 1.54) is 30.5 Å². The molecule has 6 nitrogen and oxygen atoms in total. The van der Waals surface area contributed by atoms with E-state index in [4.69, 9.17) is 0 Å². The molecule has 122 valence electrons. The van der Waals surface area contributed by atoms with Crippen molar-refractivity contribution in [1.82, 2.24) is 14.6 Å². The molecule has 2 N–H and O–H groups in total. The van der Waals surface area contributed by atoms with Gasteiger partial charge in [0, 0.05) is 25.8 Å². The molecule has 1 aliphatic rings. The highest BCUT2D eigenvalue weighted by Gasteiger charge is 2.22. The maximum atomic E-state index is 13.1. The lowest BCUT2D eigenvalue weighted by Crippen LogP contribution is -2.24. The molecule has 1 amide bonds. The van der Waals surface area contributed by atoms with Crippen molar-refractivity contribution in [2.75, 3.05) is 6.54 Å². The van der Waals surface area contributed by atoms with E-state index in [1.54, 1.807) is 10.6 Å². The Hall–Kier alpha value is -2.19. The first-order valence-electron chi connectivity index (χ1n) is 7.18. The third-order valence-electron chi connectivity index (χ3n) is 3.63. The molecule has 1 aromatic heterocycles. The number of benzene rings is 1. The van der Waals surface area contributed by atoms with Crippen LogP contribution in [-0.4, -0.2) is 25.4 Å². The first-order chi connectivity index (χ1) is 11.0. The lowest BCUT2D eigenvalue weighted by molar-refractivity contribution is 0.0951. The van der Waals surface area contributed by atoms with E-state index < -0.39 is 15.8 Å². The van der Waals surface area contributed by atoms with Crippen molar-refractivity contribution in [1.29, 1.82) is 0 Å². The Balaban J connectivity index is 1.80. The van der Waals surface area contributed by atoms with Gasteiger partial charge in [-0.25, -0.2) is 17.5 Å². The second kappa shape index (κ2) is 6.13. The van der Waals surface area contributed by atoms with E-state index in [9.17, 15) is 17.6 Å². The monoisotopic (exact) mass is 337 g/mol. The van der Waals surface area contributed by atoms with Crippen LogP contribution in [0.5, 0.6) is 0 Å². The Bertz CT molecular complexity index is 845. The molecule has 23 heavy (non-hydrogen) atoms. The Labute approximate surface area is 133 Å². The fraction of sp³-hybridized carbons (Fsp3) is 0.267. The van der Waals surface area contributed by atoms with Crippen LogP contribution >= 0.6 is 0 Å². The second-order valence-electron chi connectivity index (χ2n) is 5.32. The molecule has 0 bridgehead atoms. The normalized spacial score (nSPS) is 14.9. The lowest BCUT2D eigenvalue weighted by Gasteiger charge is -2.05. The number of nitrogens with zero attached hydrogens (tertiary/aromatic N) is 1. The largest absolute Gasteiger partial charge is 0.351 e. The van der Waals surface area contributed by atoms with E-state index in [2.05, 4.69) is 10.0 Å². The van der Waals surface area contributed by atoms with E-state index >= 15 is 0 Å². The number of nitrogens with one attached hydrogen (secondary N) is 2. The van der Waals surface area contributed by atoms with Crippen LogP contribution < -0.4 is 10.0 Å². The number of amides is 1. The van der Waals surface area contributed by atoms with E-state index in [1.807, 2.05) is 0 Å². The van der Waals surface area contributed by atoms with Crippen molar-refractivity contribution in [2.24, 2.45) is 0 Å². The summed E-state index contributed by atoms with van der Waals surface area (Å²) in [5, 5.41) is 2.71. The molecule has 2 heterocycles. The van der Waals surface area contributed by atoms with Crippen molar-refractivity contribution in [3.63, 3.8) is 0 Å². The van der Waals surface area contributed by atoms with Gasteiger partial charge in [-0.1, -0.05) is 12.1 Å². The van der Waals surface area contributed by atoms with E-state index in [-0.39, 0.29) is 17.3 Å². The summed E-state index contributed by atoms with van der Waals surface area (Å²) in [4.78, 5) is 11.9. The quantitative estimate of drug-likeness (QED) is 0.881. The number of rotatable bonds is 4. The first-order valence-corrected chi connectivity index (χ1v) is 8.66. The van der Waals surface area contributed by atoms with Crippen LogP contribution in [0.1, 0.15) is 22.5 Å². The van der Waals surface area contributed by atoms with Crippen LogP contribution in [0.3, 0.4) is 0 Å². The summed E-state index contributed by atoms with van der Waals surface area (Å²) in [6, 6.07) is 7.07. The maximum Gasteiger partial charge on any atom is 0.267 e. The van der Waals surface area contributed by atoms with Gasteiger partial charge < -0.3 is 9.88 Å². The Kier molecular flexibility index (Phi) is 4.18. The van der Waals surface area contributed by atoms with Gasteiger partial charge in [0.1, 0.15) is 16.4 Å². The summed E-state index contributed by atoms with van der Waals surface area (Å²) in [5.41, 5.74) is 0.848. The number of halogens is 1. The fourth-order valence-electron chi connectivity index (χ4n) is 2.46. The molecule has 2 aromatic rings. The van der Waals surface area contributed by atoms with Gasteiger partial charge in [-0.3, -0.25) is 4.79 Å². The van der Waals surface area contributed by atoms with Gasteiger partial charge in [-0.05, 0) is 30.2 Å². The molecule has 1 aliphatic heterocycles. The number of hydrogen-bond donors (Lipinski definition) is 2. The Morgan fingerprint density at radius 1 is 1.30 bits per heavy atom.